The molecule has 1 saturated heterocycles. The van der Waals surface area contributed by atoms with Crippen LogP contribution >= 0.6 is 24.0 Å². The summed E-state index contributed by atoms with van der Waals surface area (Å²) in [6.45, 7) is 2.82. The van der Waals surface area contributed by atoms with Gasteiger partial charge in [0.1, 0.15) is 5.75 Å². The number of halogens is 2. The second kappa shape index (κ2) is 9.13. The van der Waals surface area contributed by atoms with E-state index in [-0.39, 0.29) is 18.3 Å². The van der Waals surface area contributed by atoms with Crippen molar-refractivity contribution in [2.75, 3.05) is 26.2 Å². The Kier molecular flexibility index (Phi) is 7.86. The third kappa shape index (κ3) is 5.38. The number of amides is 1. The lowest BCUT2D eigenvalue weighted by Gasteiger charge is -2.16. The predicted octanol–water partition coefficient (Wildman–Crippen LogP) is 2.73. The van der Waals surface area contributed by atoms with Gasteiger partial charge in [0.05, 0.1) is 11.6 Å². The molecule has 1 amide bonds. The summed E-state index contributed by atoms with van der Waals surface area (Å²) in [5.74, 6) is 1.34. The Morgan fingerprint density at radius 2 is 2.19 bits per heavy atom. The molecule has 1 fully saturated rings. The summed E-state index contributed by atoms with van der Waals surface area (Å²) in [5, 5.41) is 0.601. The van der Waals surface area contributed by atoms with Gasteiger partial charge in [0, 0.05) is 19.5 Å². The second-order valence-electron chi connectivity index (χ2n) is 5.11. The number of hydrogen-bond donors (Lipinski definition) is 1. The summed E-state index contributed by atoms with van der Waals surface area (Å²) in [7, 11) is 0. The van der Waals surface area contributed by atoms with Crippen LogP contribution in [0.1, 0.15) is 19.3 Å². The molecule has 1 aromatic carbocycles. The molecule has 1 atom stereocenters. The number of nitrogens with zero attached hydrogens (tertiary/aromatic N) is 1. The van der Waals surface area contributed by atoms with Crippen molar-refractivity contribution in [3.8, 4) is 5.75 Å². The third-order valence-corrected chi connectivity index (χ3v) is 3.91. The minimum Gasteiger partial charge on any atom is -0.492 e. The zero-order valence-corrected chi connectivity index (χ0v) is 13.5. The monoisotopic (exact) mass is 332 g/mol. The molecule has 0 aliphatic carbocycles. The summed E-state index contributed by atoms with van der Waals surface area (Å²) in [4.78, 5) is 13.9. The van der Waals surface area contributed by atoms with Crippen LogP contribution in [0.25, 0.3) is 0 Å². The van der Waals surface area contributed by atoms with E-state index in [9.17, 15) is 4.79 Å². The molecule has 1 aromatic rings. The molecule has 21 heavy (non-hydrogen) atoms. The SMILES string of the molecule is Cl.NCC1CCN(C(=O)CCCOc2ccccc2Cl)C1. The molecule has 0 saturated carbocycles. The van der Waals surface area contributed by atoms with Gasteiger partial charge in [-0.15, -0.1) is 12.4 Å². The highest BCUT2D eigenvalue weighted by atomic mass is 35.5. The zero-order chi connectivity index (χ0) is 14.4. The first-order valence-electron chi connectivity index (χ1n) is 7.06. The molecule has 0 spiro atoms. The van der Waals surface area contributed by atoms with Crippen LogP contribution in [0.4, 0.5) is 0 Å². The molecular weight excluding hydrogens is 311 g/mol. The van der Waals surface area contributed by atoms with Crippen molar-refractivity contribution in [3.05, 3.63) is 29.3 Å². The van der Waals surface area contributed by atoms with Gasteiger partial charge in [-0.1, -0.05) is 23.7 Å². The fraction of sp³-hybridized carbons (Fsp3) is 0.533. The van der Waals surface area contributed by atoms with Crippen molar-refractivity contribution in [2.24, 2.45) is 11.7 Å². The van der Waals surface area contributed by atoms with Crippen LogP contribution in [-0.4, -0.2) is 37.0 Å². The van der Waals surface area contributed by atoms with Gasteiger partial charge in [-0.2, -0.15) is 0 Å². The van der Waals surface area contributed by atoms with Crippen LogP contribution < -0.4 is 10.5 Å². The van der Waals surface area contributed by atoms with Crippen LogP contribution in [0.15, 0.2) is 24.3 Å². The van der Waals surface area contributed by atoms with Crippen molar-refractivity contribution >= 4 is 29.9 Å². The van der Waals surface area contributed by atoms with E-state index < -0.39 is 0 Å². The summed E-state index contributed by atoms with van der Waals surface area (Å²) >= 11 is 5.99. The van der Waals surface area contributed by atoms with E-state index in [0.29, 0.717) is 42.7 Å². The zero-order valence-electron chi connectivity index (χ0n) is 12.0. The third-order valence-electron chi connectivity index (χ3n) is 3.60. The number of carbonyl (C=O) groups is 1. The smallest absolute Gasteiger partial charge is 0.222 e. The van der Waals surface area contributed by atoms with Gasteiger partial charge in [-0.05, 0) is 37.4 Å². The first kappa shape index (κ1) is 18.1. The quantitative estimate of drug-likeness (QED) is 0.815. The number of hydrogen-bond acceptors (Lipinski definition) is 3. The molecule has 6 heteroatoms. The number of ether oxygens (including phenoxy) is 1. The van der Waals surface area contributed by atoms with Crippen LogP contribution in [0.3, 0.4) is 0 Å². The second-order valence-corrected chi connectivity index (χ2v) is 5.52. The van der Waals surface area contributed by atoms with Gasteiger partial charge in [-0.25, -0.2) is 0 Å². The molecule has 0 aromatic heterocycles. The number of nitrogens with two attached hydrogens (primary N) is 1. The lowest BCUT2D eigenvalue weighted by atomic mass is 10.1. The maximum Gasteiger partial charge on any atom is 0.222 e. The molecule has 2 N–H and O–H groups in total. The highest BCUT2D eigenvalue weighted by Crippen LogP contribution is 2.23. The summed E-state index contributed by atoms with van der Waals surface area (Å²) in [6.07, 6.45) is 2.24. The highest BCUT2D eigenvalue weighted by molar-refractivity contribution is 6.32. The van der Waals surface area contributed by atoms with Gasteiger partial charge in [0.25, 0.3) is 0 Å². The van der Waals surface area contributed by atoms with Gasteiger partial charge in [0.15, 0.2) is 0 Å². The Bertz CT molecular complexity index is 457. The number of para-hydroxylation sites is 1. The van der Waals surface area contributed by atoms with Gasteiger partial charge in [0.2, 0.25) is 5.91 Å². The van der Waals surface area contributed by atoms with Crippen molar-refractivity contribution < 1.29 is 9.53 Å². The molecule has 1 aliphatic heterocycles. The van der Waals surface area contributed by atoms with E-state index in [2.05, 4.69) is 0 Å². The standard InChI is InChI=1S/C15H21ClN2O2.ClH/c16-13-4-1-2-5-14(13)20-9-3-6-15(19)18-8-7-12(10-17)11-18;/h1-2,4-5,12H,3,6-11,17H2;1H. The first-order valence-corrected chi connectivity index (χ1v) is 7.43. The first-order chi connectivity index (χ1) is 9.70. The van der Waals surface area contributed by atoms with Crippen LogP contribution in [0, 0.1) is 5.92 Å². The minimum absolute atomic E-state index is 0. The normalized spacial score (nSPS) is 17.4. The Morgan fingerprint density at radius 1 is 1.43 bits per heavy atom. The molecule has 4 nitrogen and oxygen atoms in total. The van der Waals surface area contributed by atoms with E-state index in [1.165, 1.54) is 0 Å². The summed E-state index contributed by atoms with van der Waals surface area (Å²) in [6, 6.07) is 7.36. The molecular formula is C15H22Cl2N2O2. The molecule has 118 valence electrons. The number of benzene rings is 1. The summed E-state index contributed by atoms with van der Waals surface area (Å²) in [5.41, 5.74) is 5.63. The minimum atomic E-state index is 0. The highest BCUT2D eigenvalue weighted by Gasteiger charge is 2.24. The van der Waals surface area contributed by atoms with E-state index in [0.717, 1.165) is 19.5 Å². The summed E-state index contributed by atoms with van der Waals surface area (Å²) < 4.78 is 5.57. The Morgan fingerprint density at radius 3 is 2.86 bits per heavy atom. The number of carbonyl (C=O) groups excluding carboxylic acids is 1. The van der Waals surface area contributed by atoms with E-state index in [4.69, 9.17) is 22.1 Å². The van der Waals surface area contributed by atoms with Crippen molar-refractivity contribution in [2.45, 2.75) is 19.3 Å². The average molecular weight is 333 g/mol. The maximum absolute atomic E-state index is 12.0. The maximum atomic E-state index is 12.0. The van der Waals surface area contributed by atoms with Crippen LogP contribution in [0.5, 0.6) is 5.75 Å². The van der Waals surface area contributed by atoms with Crippen LogP contribution in [-0.2, 0) is 4.79 Å². The Balaban J connectivity index is 0.00000220. The lowest BCUT2D eigenvalue weighted by Crippen LogP contribution is -2.29. The van der Waals surface area contributed by atoms with E-state index in [1.54, 1.807) is 6.07 Å². The fourth-order valence-electron chi connectivity index (χ4n) is 2.38. The van der Waals surface area contributed by atoms with Gasteiger partial charge < -0.3 is 15.4 Å². The van der Waals surface area contributed by atoms with Crippen molar-refractivity contribution in [3.63, 3.8) is 0 Å². The Labute approximate surface area is 137 Å². The van der Waals surface area contributed by atoms with Crippen LogP contribution in [0.2, 0.25) is 5.02 Å². The van der Waals surface area contributed by atoms with E-state index >= 15 is 0 Å². The Hall–Kier alpha value is -0.970. The van der Waals surface area contributed by atoms with Gasteiger partial charge >= 0.3 is 0 Å². The average Bonchev–Trinajstić information content (AvgIpc) is 2.94. The predicted molar refractivity (Wildman–Crippen MR) is 87.2 cm³/mol. The molecule has 1 aliphatic rings. The van der Waals surface area contributed by atoms with Crippen molar-refractivity contribution in [1.29, 1.82) is 0 Å². The lowest BCUT2D eigenvalue weighted by molar-refractivity contribution is -0.130. The molecule has 2 rings (SSSR count). The largest absolute Gasteiger partial charge is 0.492 e. The topological polar surface area (TPSA) is 55.6 Å². The number of rotatable bonds is 6. The molecule has 1 heterocycles. The molecule has 0 radical (unpaired) electrons. The van der Waals surface area contributed by atoms with Gasteiger partial charge in [-0.3, -0.25) is 4.79 Å². The molecule has 1 unspecified atom stereocenters. The fourth-order valence-corrected chi connectivity index (χ4v) is 2.57. The molecule has 0 bridgehead atoms. The van der Waals surface area contributed by atoms with E-state index in [1.807, 2.05) is 23.1 Å². The number of likely N-dealkylation sites (tertiary alicyclic amines) is 1. The van der Waals surface area contributed by atoms with Crippen molar-refractivity contribution in [1.82, 2.24) is 4.90 Å².